The number of amides is 1. The molecule has 0 bridgehead atoms. The van der Waals surface area contributed by atoms with Gasteiger partial charge in [-0.3, -0.25) is 29.3 Å². The molecule has 1 N–H and O–H groups in total. The maximum Gasteiger partial charge on any atom is 0.336 e. The van der Waals surface area contributed by atoms with Gasteiger partial charge in [0.15, 0.2) is 0 Å². The van der Waals surface area contributed by atoms with E-state index in [9.17, 15) is 24.5 Å². The first-order valence-corrected chi connectivity index (χ1v) is 9.62. The van der Waals surface area contributed by atoms with Crippen LogP contribution in [0.5, 0.6) is 0 Å². The Bertz CT molecular complexity index is 1430. The van der Waals surface area contributed by atoms with E-state index in [0.29, 0.717) is 11.2 Å². The molecule has 0 aliphatic heterocycles. The molecule has 160 valence electrons. The molecular weight excluding hydrogens is 414 g/mol. The number of carbonyl (C=O) groups is 1. The molecule has 0 radical (unpaired) electrons. The van der Waals surface area contributed by atoms with Crippen molar-refractivity contribution in [2.45, 2.75) is 13.1 Å². The van der Waals surface area contributed by atoms with E-state index < -0.39 is 22.1 Å². The topological polar surface area (TPSA) is 129 Å². The predicted molar refractivity (Wildman–Crippen MR) is 117 cm³/mol. The lowest BCUT2D eigenvalue weighted by atomic mass is 10.2. The smallest absolute Gasteiger partial charge is 0.336 e. The number of aromatic nitrogens is 3. The average Bonchev–Trinajstić information content (AvgIpc) is 2.81. The first-order valence-electron chi connectivity index (χ1n) is 9.62. The van der Waals surface area contributed by atoms with Gasteiger partial charge in [-0.25, -0.2) is 9.36 Å². The maximum absolute atomic E-state index is 13.2. The van der Waals surface area contributed by atoms with Crippen LogP contribution in [0, 0.1) is 10.1 Å². The van der Waals surface area contributed by atoms with Crippen molar-refractivity contribution >= 4 is 22.5 Å². The summed E-state index contributed by atoms with van der Waals surface area (Å²) in [5, 5.41) is 13.9. The molecule has 4 aromatic rings. The Morgan fingerprint density at radius 2 is 1.72 bits per heavy atom. The van der Waals surface area contributed by atoms with E-state index in [1.165, 1.54) is 28.8 Å². The summed E-state index contributed by atoms with van der Waals surface area (Å²) in [5.41, 5.74) is -0.335. The van der Waals surface area contributed by atoms with Crippen molar-refractivity contribution < 1.29 is 9.72 Å². The highest BCUT2D eigenvalue weighted by Crippen LogP contribution is 2.15. The van der Waals surface area contributed by atoms with Crippen molar-refractivity contribution in [2.24, 2.45) is 0 Å². The molecule has 0 atom stereocenters. The van der Waals surface area contributed by atoms with Gasteiger partial charge in [-0.1, -0.05) is 18.2 Å². The second-order valence-electron chi connectivity index (χ2n) is 6.90. The number of nitro benzene ring substituents is 1. The number of rotatable bonds is 6. The third-order valence-corrected chi connectivity index (χ3v) is 4.86. The molecule has 0 saturated carbocycles. The zero-order valence-corrected chi connectivity index (χ0v) is 16.7. The second kappa shape index (κ2) is 8.64. The summed E-state index contributed by atoms with van der Waals surface area (Å²) in [6.45, 7) is -0.131. The van der Waals surface area contributed by atoms with Crippen molar-refractivity contribution in [3.63, 3.8) is 0 Å². The molecule has 1 amide bonds. The second-order valence-corrected chi connectivity index (χ2v) is 6.90. The molecule has 10 heteroatoms. The first kappa shape index (κ1) is 20.7. The number of benzene rings is 2. The van der Waals surface area contributed by atoms with E-state index in [2.05, 4.69) is 10.3 Å². The molecule has 4 rings (SSSR count). The van der Waals surface area contributed by atoms with Crippen molar-refractivity contribution in [3.05, 3.63) is 110 Å². The maximum atomic E-state index is 13.2. The van der Waals surface area contributed by atoms with Gasteiger partial charge in [0.05, 0.1) is 33.8 Å². The van der Waals surface area contributed by atoms with Crippen LogP contribution in [-0.2, 0) is 17.9 Å². The molecule has 2 aromatic heterocycles. The molecule has 0 saturated heterocycles. The van der Waals surface area contributed by atoms with Crippen molar-refractivity contribution in [3.8, 4) is 5.69 Å². The van der Waals surface area contributed by atoms with Crippen LogP contribution in [0.1, 0.15) is 5.69 Å². The third-order valence-electron chi connectivity index (χ3n) is 4.86. The summed E-state index contributed by atoms with van der Waals surface area (Å²) in [5.74, 6) is -0.434. The zero-order valence-electron chi connectivity index (χ0n) is 16.7. The Hall–Kier alpha value is -4.60. The van der Waals surface area contributed by atoms with E-state index in [4.69, 9.17) is 0 Å². The van der Waals surface area contributed by atoms with E-state index in [1.807, 2.05) is 0 Å². The van der Waals surface area contributed by atoms with Crippen LogP contribution in [0.2, 0.25) is 0 Å². The Morgan fingerprint density at radius 1 is 1.00 bits per heavy atom. The quantitative estimate of drug-likeness (QED) is 0.366. The summed E-state index contributed by atoms with van der Waals surface area (Å²) in [6.07, 6.45) is 1.61. The lowest BCUT2D eigenvalue weighted by Crippen LogP contribution is -2.41. The van der Waals surface area contributed by atoms with Gasteiger partial charge in [0.25, 0.3) is 11.2 Å². The summed E-state index contributed by atoms with van der Waals surface area (Å²) < 4.78 is 2.10. The highest BCUT2D eigenvalue weighted by atomic mass is 16.6. The molecule has 0 spiro atoms. The average molecular weight is 431 g/mol. The predicted octanol–water partition coefficient (Wildman–Crippen LogP) is 1.77. The number of fused-ring (bicyclic) bond motifs is 1. The van der Waals surface area contributed by atoms with E-state index in [1.54, 1.807) is 48.7 Å². The Balaban J connectivity index is 1.75. The van der Waals surface area contributed by atoms with Crippen LogP contribution < -0.4 is 16.6 Å². The minimum Gasteiger partial charge on any atom is -0.349 e. The highest BCUT2D eigenvalue weighted by molar-refractivity contribution is 5.81. The van der Waals surface area contributed by atoms with Crippen LogP contribution >= 0.6 is 0 Å². The number of pyridine rings is 1. The van der Waals surface area contributed by atoms with Crippen LogP contribution in [-0.4, -0.2) is 24.9 Å². The summed E-state index contributed by atoms with van der Waals surface area (Å²) in [4.78, 5) is 53.3. The number of para-hydroxylation sites is 1. The number of hydrogen-bond acceptors (Lipinski definition) is 6. The molecule has 32 heavy (non-hydrogen) atoms. The summed E-state index contributed by atoms with van der Waals surface area (Å²) in [6, 6.07) is 16.8. The molecule has 0 fully saturated rings. The fourth-order valence-corrected chi connectivity index (χ4v) is 3.32. The van der Waals surface area contributed by atoms with Crippen LogP contribution in [0.3, 0.4) is 0 Å². The van der Waals surface area contributed by atoms with Gasteiger partial charge in [-0.15, -0.1) is 0 Å². The van der Waals surface area contributed by atoms with Gasteiger partial charge in [-0.2, -0.15) is 0 Å². The largest absolute Gasteiger partial charge is 0.349 e. The third kappa shape index (κ3) is 4.01. The monoisotopic (exact) mass is 431 g/mol. The number of nitrogens with one attached hydrogen (secondary N) is 1. The van der Waals surface area contributed by atoms with E-state index >= 15 is 0 Å². The van der Waals surface area contributed by atoms with Crippen molar-refractivity contribution in [1.82, 2.24) is 19.4 Å². The van der Waals surface area contributed by atoms with Gasteiger partial charge < -0.3 is 5.32 Å². The fourth-order valence-electron chi connectivity index (χ4n) is 3.32. The van der Waals surface area contributed by atoms with Gasteiger partial charge in [-0.05, 0) is 36.4 Å². The number of nitro groups is 1. The zero-order chi connectivity index (χ0) is 22.7. The van der Waals surface area contributed by atoms with Crippen LogP contribution in [0.4, 0.5) is 5.69 Å². The van der Waals surface area contributed by atoms with Crippen molar-refractivity contribution in [2.75, 3.05) is 0 Å². The summed E-state index contributed by atoms with van der Waals surface area (Å²) >= 11 is 0. The van der Waals surface area contributed by atoms with Crippen LogP contribution in [0.15, 0.2) is 82.5 Å². The normalized spacial score (nSPS) is 10.8. The minimum absolute atomic E-state index is 0.166. The SMILES string of the molecule is O=C(Cn1c(=O)n(-c2ccc([N+](=O)[O-])cc2)c(=O)c2ccccc21)NCc1ccccn1. The Morgan fingerprint density at radius 3 is 2.41 bits per heavy atom. The molecule has 0 unspecified atom stereocenters. The van der Waals surface area contributed by atoms with Gasteiger partial charge in [0.2, 0.25) is 5.91 Å². The number of carbonyl (C=O) groups excluding carboxylic acids is 1. The highest BCUT2D eigenvalue weighted by Gasteiger charge is 2.17. The van der Waals surface area contributed by atoms with Gasteiger partial charge >= 0.3 is 5.69 Å². The fraction of sp³-hybridized carbons (Fsp3) is 0.0909. The minimum atomic E-state index is -0.726. The van der Waals surface area contributed by atoms with Crippen LogP contribution in [0.25, 0.3) is 16.6 Å². The molecule has 2 aromatic carbocycles. The molecular formula is C22H17N5O5. The lowest BCUT2D eigenvalue weighted by molar-refractivity contribution is -0.384. The number of hydrogen-bond donors (Lipinski definition) is 1. The van der Waals surface area contributed by atoms with Gasteiger partial charge in [0, 0.05) is 18.3 Å². The number of nitrogens with zero attached hydrogens (tertiary/aromatic N) is 4. The first-order chi connectivity index (χ1) is 15.5. The summed E-state index contributed by atoms with van der Waals surface area (Å²) in [7, 11) is 0. The van der Waals surface area contributed by atoms with E-state index in [0.717, 1.165) is 4.57 Å². The molecule has 10 nitrogen and oxygen atoms in total. The Kier molecular flexibility index (Phi) is 5.58. The standard InChI is InChI=1S/C22H17N5O5/c28-20(24-13-15-5-3-4-12-23-15)14-25-19-7-2-1-6-18(19)21(29)26(22(25)30)16-8-10-17(11-9-16)27(31)32/h1-12H,13-14H2,(H,24,28). The molecule has 2 heterocycles. The van der Waals surface area contributed by atoms with Crippen molar-refractivity contribution in [1.29, 1.82) is 0 Å². The molecule has 0 aliphatic carbocycles. The van der Waals surface area contributed by atoms with Gasteiger partial charge in [0.1, 0.15) is 6.54 Å². The number of non-ortho nitro benzene ring substituents is 1. The lowest BCUT2D eigenvalue weighted by Gasteiger charge is -2.14. The molecule has 0 aliphatic rings. The van der Waals surface area contributed by atoms with E-state index in [-0.39, 0.29) is 29.9 Å². The Labute approximate surface area is 180 Å².